The molecule has 5 nitrogen and oxygen atoms in total. The van der Waals surface area contributed by atoms with E-state index in [9.17, 15) is 5.11 Å². The van der Waals surface area contributed by atoms with Gasteiger partial charge in [0.1, 0.15) is 0 Å². The summed E-state index contributed by atoms with van der Waals surface area (Å²) >= 11 is 0. The average molecular weight is 303 g/mol. The number of nitrogens with zero attached hydrogens (tertiary/aromatic N) is 1. The van der Waals surface area contributed by atoms with E-state index < -0.39 is 5.60 Å². The molecule has 0 radical (unpaired) electrons. The summed E-state index contributed by atoms with van der Waals surface area (Å²) in [5.74, 6) is 0. The van der Waals surface area contributed by atoms with Gasteiger partial charge in [0.2, 0.25) is 0 Å². The van der Waals surface area contributed by atoms with Crippen molar-refractivity contribution in [3.63, 3.8) is 0 Å². The van der Waals surface area contributed by atoms with Crippen LogP contribution in [0.2, 0.25) is 0 Å². The van der Waals surface area contributed by atoms with Crippen molar-refractivity contribution in [3.05, 3.63) is 0 Å². The van der Waals surface area contributed by atoms with Crippen molar-refractivity contribution in [3.8, 4) is 0 Å². The summed E-state index contributed by atoms with van der Waals surface area (Å²) < 4.78 is 16.3. The second-order valence-electron chi connectivity index (χ2n) is 5.88. The fraction of sp³-hybridized carbons (Fsp3) is 1.00. The number of unbranched alkanes of at least 4 members (excludes halogenated alkanes) is 1. The van der Waals surface area contributed by atoms with E-state index in [1.165, 1.54) is 6.42 Å². The van der Waals surface area contributed by atoms with Gasteiger partial charge in [-0.25, -0.2) is 0 Å². The van der Waals surface area contributed by atoms with Gasteiger partial charge in [-0.05, 0) is 12.8 Å². The summed E-state index contributed by atoms with van der Waals surface area (Å²) in [6.07, 6.45) is 4.23. The molecule has 0 bridgehead atoms. The largest absolute Gasteiger partial charge is 0.387 e. The number of hydrogen-bond donors (Lipinski definition) is 1. The molecule has 1 heterocycles. The van der Waals surface area contributed by atoms with Crippen molar-refractivity contribution in [2.24, 2.45) is 0 Å². The van der Waals surface area contributed by atoms with Crippen LogP contribution in [0.3, 0.4) is 0 Å². The Morgan fingerprint density at radius 3 is 2.00 bits per heavy atom. The molecule has 0 aromatic heterocycles. The molecule has 5 heteroatoms. The van der Waals surface area contributed by atoms with Gasteiger partial charge in [0.15, 0.2) is 0 Å². The molecule has 126 valence electrons. The Morgan fingerprint density at radius 2 is 1.43 bits per heavy atom. The number of hydrogen-bond acceptors (Lipinski definition) is 5. The predicted molar refractivity (Wildman–Crippen MR) is 83.7 cm³/mol. The molecule has 0 unspecified atom stereocenters. The number of rotatable bonds is 14. The van der Waals surface area contributed by atoms with Gasteiger partial charge in [0.05, 0.1) is 38.6 Å². The number of likely N-dealkylation sites (tertiary alicyclic amines) is 1. The Morgan fingerprint density at radius 1 is 0.857 bits per heavy atom. The Bertz CT molecular complexity index is 244. The van der Waals surface area contributed by atoms with Crippen LogP contribution in [0, 0.1) is 0 Å². The molecule has 0 amide bonds. The third-order valence-corrected chi connectivity index (χ3v) is 3.69. The first kappa shape index (κ1) is 18.8. The zero-order chi connectivity index (χ0) is 15.4. The van der Waals surface area contributed by atoms with Crippen molar-refractivity contribution in [1.82, 2.24) is 4.90 Å². The van der Waals surface area contributed by atoms with Crippen molar-refractivity contribution in [2.45, 2.75) is 45.1 Å². The number of ether oxygens (including phenoxy) is 3. The van der Waals surface area contributed by atoms with Crippen molar-refractivity contribution < 1.29 is 19.3 Å². The summed E-state index contributed by atoms with van der Waals surface area (Å²) in [4.78, 5) is 2.23. The molecule has 0 atom stereocenters. The molecule has 1 fully saturated rings. The van der Waals surface area contributed by atoms with Gasteiger partial charge in [-0.3, -0.25) is 4.90 Å². The molecule has 0 spiro atoms. The second-order valence-corrected chi connectivity index (χ2v) is 5.88. The highest BCUT2D eigenvalue weighted by atomic mass is 16.5. The summed E-state index contributed by atoms with van der Waals surface area (Å²) in [5.41, 5.74) is -0.435. The van der Waals surface area contributed by atoms with Crippen LogP contribution in [0.1, 0.15) is 39.5 Å². The van der Waals surface area contributed by atoms with Crippen molar-refractivity contribution >= 4 is 0 Å². The lowest BCUT2D eigenvalue weighted by Gasteiger charge is -2.46. The Labute approximate surface area is 129 Å². The van der Waals surface area contributed by atoms with E-state index in [0.29, 0.717) is 33.0 Å². The monoisotopic (exact) mass is 303 g/mol. The van der Waals surface area contributed by atoms with Crippen LogP contribution in [-0.4, -0.2) is 74.9 Å². The Balaban J connectivity index is 1.76. The minimum Gasteiger partial charge on any atom is -0.387 e. The number of aliphatic hydroxyl groups is 1. The topological polar surface area (TPSA) is 51.2 Å². The average Bonchev–Trinajstić information content (AvgIpc) is 2.43. The molecule has 0 aliphatic carbocycles. The molecule has 0 aromatic rings. The maximum atomic E-state index is 10.0. The van der Waals surface area contributed by atoms with Crippen LogP contribution in [0.15, 0.2) is 0 Å². The van der Waals surface area contributed by atoms with Crippen LogP contribution in [-0.2, 0) is 14.2 Å². The molecule has 1 saturated heterocycles. The highest BCUT2D eigenvalue weighted by Gasteiger charge is 2.39. The van der Waals surface area contributed by atoms with Gasteiger partial charge in [-0.15, -0.1) is 0 Å². The molecule has 1 rings (SSSR count). The molecular formula is C16H33NO4. The van der Waals surface area contributed by atoms with Gasteiger partial charge >= 0.3 is 0 Å². The maximum Gasteiger partial charge on any atom is 0.0900 e. The quantitative estimate of drug-likeness (QED) is 0.495. The lowest BCUT2D eigenvalue weighted by Crippen LogP contribution is -2.62. The third kappa shape index (κ3) is 8.73. The zero-order valence-corrected chi connectivity index (χ0v) is 13.8. The minimum absolute atomic E-state index is 0.435. The minimum atomic E-state index is -0.435. The fourth-order valence-electron chi connectivity index (χ4n) is 2.55. The van der Waals surface area contributed by atoms with Gasteiger partial charge in [-0.2, -0.15) is 0 Å². The zero-order valence-electron chi connectivity index (χ0n) is 13.8. The van der Waals surface area contributed by atoms with E-state index in [0.717, 1.165) is 45.5 Å². The smallest absolute Gasteiger partial charge is 0.0900 e. The second kappa shape index (κ2) is 11.4. The van der Waals surface area contributed by atoms with Crippen molar-refractivity contribution in [2.75, 3.05) is 59.3 Å². The van der Waals surface area contributed by atoms with Crippen LogP contribution in [0.25, 0.3) is 0 Å². The lowest BCUT2D eigenvalue weighted by atomic mass is 9.89. The van der Waals surface area contributed by atoms with E-state index >= 15 is 0 Å². The summed E-state index contributed by atoms with van der Waals surface area (Å²) in [6, 6.07) is 0. The van der Waals surface area contributed by atoms with E-state index in [2.05, 4.69) is 18.7 Å². The number of β-amino-alcohol motifs (C(OH)–C–C–N with tert-alkyl or cyclic N) is 1. The molecule has 1 N–H and O–H groups in total. The first-order valence-corrected chi connectivity index (χ1v) is 8.38. The Hall–Kier alpha value is -0.200. The predicted octanol–water partition coefficient (Wildman–Crippen LogP) is 1.68. The molecule has 0 aromatic carbocycles. The van der Waals surface area contributed by atoms with E-state index in [1.807, 2.05) is 0 Å². The Kier molecular flexibility index (Phi) is 10.2. The SMILES string of the molecule is CCCCOCCOCCOCCN1CC(O)(CCC)C1. The highest BCUT2D eigenvalue weighted by Crippen LogP contribution is 2.24. The molecule has 0 saturated carbocycles. The molecular weight excluding hydrogens is 270 g/mol. The fourth-order valence-corrected chi connectivity index (χ4v) is 2.55. The first-order chi connectivity index (χ1) is 10.2. The van der Waals surface area contributed by atoms with Gasteiger partial charge in [-0.1, -0.05) is 26.7 Å². The van der Waals surface area contributed by atoms with Gasteiger partial charge in [0, 0.05) is 26.2 Å². The van der Waals surface area contributed by atoms with E-state index in [4.69, 9.17) is 14.2 Å². The maximum absolute atomic E-state index is 10.0. The van der Waals surface area contributed by atoms with Gasteiger partial charge in [0.25, 0.3) is 0 Å². The van der Waals surface area contributed by atoms with Gasteiger partial charge < -0.3 is 19.3 Å². The summed E-state index contributed by atoms with van der Waals surface area (Å²) in [5, 5.41) is 10.0. The molecule has 21 heavy (non-hydrogen) atoms. The van der Waals surface area contributed by atoms with Crippen LogP contribution < -0.4 is 0 Å². The lowest BCUT2D eigenvalue weighted by molar-refractivity contribution is -0.109. The highest BCUT2D eigenvalue weighted by molar-refractivity contribution is 4.94. The standard InChI is InChI=1S/C16H33NO4/c1-3-5-8-19-10-12-21-13-11-20-9-7-17-14-16(18,15-17)6-4-2/h18H,3-15H2,1-2H3. The summed E-state index contributed by atoms with van der Waals surface area (Å²) in [6.45, 7) is 10.8. The van der Waals surface area contributed by atoms with E-state index in [1.54, 1.807) is 0 Å². The van der Waals surface area contributed by atoms with Crippen molar-refractivity contribution in [1.29, 1.82) is 0 Å². The van der Waals surface area contributed by atoms with Crippen LogP contribution in [0.5, 0.6) is 0 Å². The molecule has 1 aliphatic heterocycles. The first-order valence-electron chi connectivity index (χ1n) is 8.38. The normalized spacial score (nSPS) is 17.9. The van der Waals surface area contributed by atoms with Crippen LogP contribution >= 0.6 is 0 Å². The summed E-state index contributed by atoms with van der Waals surface area (Å²) in [7, 11) is 0. The molecule has 1 aliphatic rings. The van der Waals surface area contributed by atoms with Crippen LogP contribution in [0.4, 0.5) is 0 Å². The van der Waals surface area contributed by atoms with E-state index in [-0.39, 0.29) is 0 Å². The third-order valence-electron chi connectivity index (χ3n) is 3.69.